The number of nitrogens with zero attached hydrogens (tertiary/aromatic N) is 2. The molecule has 21 heavy (non-hydrogen) atoms. The molecule has 1 aromatic rings. The fourth-order valence-electron chi connectivity index (χ4n) is 2.92. The zero-order valence-corrected chi connectivity index (χ0v) is 15.2. The molecule has 0 N–H and O–H groups in total. The van der Waals surface area contributed by atoms with Crippen LogP contribution in [0.3, 0.4) is 0 Å². The van der Waals surface area contributed by atoms with Crippen LogP contribution in [0.25, 0.3) is 0 Å². The smallest absolute Gasteiger partial charge is 0.195 e. The van der Waals surface area contributed by atoms with Gasteiger partial charge in [-0.25, -0.2) is 0 Å². The van der Waals surface area contributed by atoms with Crippen molar-refractivity contribution in [3.05, 3.63) is 34.3 Å². The standard InChI is InChI=1S/C15H23BrN2O2S/c1-12-8-13(2)10-18(9-12)21(19,20)17(3)11-14-4-6-15(16)7-5-14/h4-7,12-13H,8-11H2,1-3H3. The molecule has 0 radical (unpaired) electrons. The molecule has 1 aliphatic rings. The van der Waals surface area contributed by atoms with Crippen LogP contribution in [0.1, 0.15) is 25.8 Å². The predicted molar refractivity (Wildman–Crippen MR) is 89.0 cm³/mol. The Kier molecular flexibility index (Phi) is 5.46. The van der Waals surface area contributed by atoms with Crippen LogP contribution in [0.2, 0.25) is 0 Å². The van der Waals surface area contributed by atoms with Crippen molar-refractivity contribution in [1.82, 2.24) is 8.61 Å². The number of piperidine rings is 1. The predicted octanol–water partition coefficient (Wildman–Crippen LogP) is 3.10. The topological polar surface area (TPSA) is 40.6 Å². The van der Waals surface area contributed by atoms with Crippen LogP contribution >= 0.6 is 15.9 Å². The Balaban J connectivity index is 2.09. The van der Waals surface area contributed by atoms with E-state index < -0.39 is 10.2 Å². The molecular formula is C15H23BrN2O2S. The molecule has 1 fully saturated rings. The van der Waals surface area contributed by atoms with Crippen molar-refractivity contribution >= 4 is 26.1 Å². The molecule has 1 aliphatic heterocycles. The van der Waals surface area contributed by atoms with Crippen LogP contribution in [0.4, 0.5) is 0 Å². The monoisotopic (exact) mass is 374 g/mol. The van der Waals surface area contributed by atoms with Gasteiger partial charge in [0.25, 0.3) is 10.2 Å². The van der Waals surface area contributed by atoms with Crippen LogP contribution in [-0.4, -0.2) is 37.2 Å². The maximum Gasteiger partial charge on any atom is 0.282 e. The van der Waals surface area contributed by atoms with E-state index in [1.165, 1.54) is 4.31 Å². The van der Waals surface area contributed by atoms with Gasteiger partial charge in [0.1, 0.15) is 0 Å². The lowest BCUT2D eigenvalue weighted by molar-refractivity contribution is 0.211. The number of halogens is 1. The van der Waals surface area contributed by atoms with E-state index in [-0.39, 0.29) is 0 Å². The molecule has 0 spiro atoms. The van der Waals surface area contributed by atoms with E-state index in [4.69, 9.17) is 0 Å². The zero-order chi connectivity index (χ0) is 15.6. The van der Waals surface area contributed by atoms with Gasteiger partial charge >= 0.3 is 0 Å². The van der Waals surface area contributed by atoms with Gasteiger partial charge in [0.15, 0.2) is 0 Å². The van der Waals surface area contributed by atoms with E-state index in [1.807, 2.05) is 24.3 Å². The van der Waals surface area contributed by atoms with Crippen molar-refractivity contribution in [2.24, 2.45) is 11.8 Å². The van der Waals surface area contributed by atoms with Gasteiger partial charge in [0, 0.05) is 31.2 Å². The molecule has 6 heteroatoms. The molecule has 1 saturated heterocycles. The minimum atomic E-state index is -3.38. The van der Waals surface area contributed by atoms with Gasteiger partial charge in [-0.1, -0.05) is 41.9 Å². The van der Waals surface area contributed by atoms with Crippen molar-refractivity contribution < 1.29 is 8.42 Å². The normalized spacial score (nSPS) is 24.4. The van der Waals surface area contributed by atoms with Gasteiger partial charge in [-0.2, -0.15) is 17.0 Å². The summed E-state index contributed by atoms with van der Waals surface area (Å²) in [6, 6.07) is 7.75. The SMILES string of the molecule is CC1CC(C)CN(S(=O)(=O)N(C)Cc2ccc(Br)cc2)C1. The molecule has 0 aliphatic carbocycles. The summed E-state index contributed by atoms with van der Waals surface area (Å²) in [5.41, 5.74) is 0.988. The van der Waals surface area contributed by atoms with E-state index in [1.54, 1.807) is 11.4 Å². The molecule has 1 heterocycles. The molecule has 4 nitrogen and oxygen atoms in total. The fraction of sp³-hybridized carbons (Fsp3) is 0.600. The van der Waals surface area contributed by atoms with E-state index in [2.05, 4.69) is 29.8 Å². The molecule has 118 valence electrons. The Labute approximate surface area is 136 Å². The number of rotatable bonds is 4. The number of hydrogen-bond donors (Lipinski definition) is 0. The summed E-state index contributed by atoms with van der Waals surface area (Å²) in [5.74, 6) is 0.842. The second kappa shape index (κ2) is 6.77. The van der Waals surface area contributed by atoms with E-state index in [9.17, 15) is 8.42 Å². The first kappa shape index (κ1) is 16.9. The average Bonchev–Trinajstić information content (AvgIpc) is 2.40. The summed E-state index contributed by atoms with van der Waals surface area (Å²) in [7, 11) is -1.73. The Morgan fingerprint density at radius 3 is 2.24 bits per heavy atom. The van der Waals surface area contributed by atoms with Gasteiger partial charge < -0.3 is 0 Å². The Bertz CT molecular complexity index is 564. The number of hydrogen-bond acceptors (Lipinski definition) is 2. The fourth-order valence-corrected chi connectivity index (χ4v) is 4.78. The van der Waals surface area contributed by atoms with Crippen molar-refractivity contribution in [2.75, 3.05) is 20.1 Å². The highest BCUT2D eigenvalue weighted by atomic mass is 79.9. The van der Waals surface area contributed by atoms with Gasteiger partial charge in [0.2, 0.25) is 0 Å². The molecule has 2 atom stereocenters. The summed E-state index contributed by atoms with van der Waals surface area (Å²) >= 11 is 3.39. The van der Waals surface area contributed by atoms with Gasteiger partial charge in [-0.3, -0.25) is 0 Å². The summed E-state index contributed by atoms with van der Waals surface area (Å²) < 4.78 is 29.5. The highest BCUT2D eigenvalue weighted by molar-refractivity contribution is 9.10. The molecule has 0 bridgehead atoms. The summed E-state index contributed by atoms with van der Waals surface area (Å²) in [4.78, 5) is 0. The second-order valence-electron chi connectivity index (χ2n) is 6.15. The van der Waals surface area contributed by atoms with Crippen molar-refractivity contribution in [1.29, 1.82) is 0 Å². The Hall–Kier alpha value is -0.430. The molecule has 1 aromatic carbocycles. The van der Waals surface area contributed by atoms with Crippen LogP contribution in [0, 0.1) is 11.8 Å². The first-order valence-electron chi connectivity index (χ1n) is 7.25. The first-order chi connectivity index (χ1) is 9.79. The van der Waals surface area contributed by atoms with Crippen LogP contribution < -0.4 is 0 Å². The molecule has 0 aromatic heterocycles. The van der Waals surface area contributed by atoms with Crippen molar-refractivity contribution in [3.8, 4) is 0 Å². The van der Waals surface area contributed by atoms with E-state index >= 15 is 0 Å². The summed E-state index contributed by atoms with van der Waals surface area (Å²) in [6.07, 6.45) is 1.10. The summed E-state index contributed by atoms with van der Waals surface area (Å²) in [6.45, 7) is 5.88. The molecular weight excluding hydrogens is 352 g/mol. The molecule has 2 unspecified atom stereocenters. The quantitative estimate of drug-likeness (QED) is 0.812. The molecule has 0 amide bonds. The molecule has 0 saturated carbocycles. The van der Waals surface area contributed by atoms with Gasteiger partial charge in [0.05, 0.1) is 0 Å². The number of benzene rings is 1. The van der Waals surface area contributed by atoms with Gasteiger partial charge in [-0.05, 0) is 36.0 Å². The second-order valence-corrected chi connectivity index (χ2v) is 9.10. The van der Waals surface area contributed by atoms with E-state index in [0.717, 1.165) is 16.5 Å². The lowest BCUT2D eigenvalue weighted by atomic mass is 9.94. The average molecular weight is 375 g/mol. The van der Waals surface area contributed by atoms with Crippen LogP contribution in [-0.2, 0) is 16.8 Å². The summed E-state index contributed by atoms with van der Waals surface area (Å²) in [5, 5.41) is 0. The van der Waals surface area contributed by atoms with Gasteiger partial charge in [-0.15, -0.1) is 0 Å². The third-order valence-electron chi connectivity index (χ3n) is 3.87. The van der Waals surface area contributed by atoms with Crippen molar-refractivity contribution in [3.63, 3.8) is 0 Å². The largest absolute Gasteiger partial charge is 0.282 e. The Morgan fingerprint density at radius 1 is 1.19 bits per heavy atom. The lowest BCUT2D eigenvalue weighted by Crippen LogP contribution is -2.48. The van der Waals surface area contributed by atoms with E-state index in [0.29, 0.717) is 31.5 Å². The highest BCUT2D eigenvalue weighted by Crippen LogP contribution is 2.25. The van der Waals surface area contributed by atoms with Crippen molar-refractivity contribution in [2.45, 2.75) is 26.8 Å². The maximum atomic E-state index is 12.7. The first-order valence-corrected chi connectivity index (χ1v) is 9.44. The van der Waals surface area contributed by atoms with Crippen LogP contribution in [0.15, 0.2) is 28.7 Å². The highest BCUT2D eigenvalue weighted by Gasteiger charge is 2.33. The minimum Gasteiger partial charge on any atom is -0.195 e. The third kappa shape index (κ3) is 4.28. The lowest BCUT2D eigenvalue weighted by Gasteiger charge is -2.36. The van der Waals surface area contributed by atoms with Crippen LogP contribution in [0.5, 0.6) is 0 Å². The zero-order valence-electron chi connectivity index (χ0n) is 12.8. The third-order valence-corrected chi connectivity index (χ3v) is 6.27. The minimum absolute atomic E-state index is 0.398. The Morgan fingerprint density at radius 2 is 1.71 bits per heavy atom. The molecule has 2 rings (SSSR count). The maximum absolute atomic E-state index is 12.7.